The quantitative estimate of drug-likeness (QED) is 0.339. The van der Waals surface area contributed by atoms with E-state index in [0.29, 0.717) is 22.8 Å². The Morgan fingerprint density at radius 1 is 0.882 bits per heavy atom. The van der Waals surface area contributed by atoms with Gasteiger partial charge in [-0.3, -0.25) is 9.48 Å². The zero-order chi connectivity index (χ0) is 23.5. The second-order valence-electron chi connectivity index (χ2n) is 7.64. The molecular formula is C26H19ClFN5O. The summed E-state index contributed by atoms with van der Waals surface area (Å²) in [6.07, 6.45) is 3.31. The zero-order valence-corrected chi connectivity index (χ0v) is 18.7. The molecule has 0 unspecified atom stereocenters. The van der Waals surface area contributed by atoms with Crippen molar-refractivity contribution in [3.05, 3.63) is 119 Å². The molecule has 5 rings (SSSR count). The molecule has 168 valence electrons. The summed E-state index contributed by atoms with van der Waals surface area (Å²) in [6.45, 7) is 0.386. The Balaban J connectivity index is 1.44. The third-order valence-electron chi connectivity index (χ3n) is 5.23. The van der Waals surface area contributed by atoms with Crippen LogP contribution in [0.4, 0.5) is 10.2 Å². The van der Waals surface area contributed by atoms with Crippen molar-refractivity contribution in [1.82, 2.24) is 19.6 Å². The molecule has 0 atom stereocenters. The number of carbonyl (C=O) groups is 1. The number of nitrogens with zero attached hydrogens (tertiary/aromatic N) is 4. The molecule has 0 bridgehead atoms. The van der Waals surface area contributed by atoms with Gasteiger partial charge in [0, 0.05) is 18.0 Å². The lowest BCUT2D eigenvalue weighted by atomic mass is 10.1. The SMILES string of the molecule is O=C(Nc1nn(Cc2ccc(F)cc2)cc1Cl)c1cn(-c2ccccc2)nc1-c1ccccc1. The Morgan fingerprint density at radius 3 is 2.26 bits per heavy atom. The van der Waals surface area contributed by atoms with Gasteiger partial charge in [0.05, 0.1) is 17.8 Å². The first-order valence-electron chi connectivity index (χ1n) is 10.6. The van der Waals surface area contributed by atoms with E-state index in [-0.39, 0.29) is 17.5 Å². The summed E-state index contributed by atoms with van der Waals surface area (Å²) in [7, 11) is 0. The lowest BCUT2D eigenvalue weighted by Crippen LogP contribution is -2.13. The molecule has 0 aliphatic carbocycles. The molecule has 6 nitrogen and oxygen atoms in total. The molecule has 2 heterocycles. The van der Waals surface area contributed by atoms with E-state index in [1.165, 1.54) is 12.1 Å². The molecule has 0 spiro atoms. The van der Waals surface area contributed by atoms with Gasteiger partial charge in [0.25, 0.3) is 5.91 Å². The fourth-order valence-corrected chi connectivity index (χ4v) is 3.77. The number of anilines is 1. The minimum atomic E-state index is -0.380. The summed E-state index contributed by atoms with van der Waals surface area (Å²) in [5.41, 5.74) is 3.44. The molecule has 0 radical (unpaired) electrons. The van der Waals surface area contributed by atoms with Gasteiger partial charge in [0.1, 0.15) is 16.5 Å². The number of hydrogen-bond acceptors (Lipinski definition) is 3. The Labute approximate surface area is 200 Å². The highest BCUT2D eigenvalue weighted by Crippen LogP contribution is 2.26. The highest BCUT2D eigenvalue weighted by Gasteiger charge is 2.21. The van der Waals surface area contributed by atoms with E-state index in [4.69, 9.17) is 11.6 Å². The van der Waals surface area contributed by atoms with Crippen molar-refractivity contribution >= 4 is 23.3 Å². The number of carbonyl (C=O) groups excluding carboxylic acids is 1. The third-order valence-corrected chi connectivity index (χ3v) is 5.51. The number of nitrogens with one attached hydrogen (secondary N) is 1. The molecule has 2 aromatic heterocycles. The van der Waals surface area contributed by atoms with Crippen LogP contribution in [0.1, 0.15) is 15.9 Å². The second kappa shape index (κ2) is 9.33. The fraction of sp³-hybridized carbons (Fsp3) is 0.0385. The van der Waals surface area contributed by atoms with Gasteiger partial charge in [-0.25, -0.2) is 9.07 Å². The van der Waals surface area contributed by atoms with E-state index in [1.807, 2.05) is 60.7 Å². The first-order valence-corrected chi connectivity index (χ1v) is 10.9. The summed E-state index contributed by atoms with van der Waals surface area (Å²) in [5.74, 6) is -0.448. The van der Waals surface area contributed by atoms with Crippen LogP contribution in [0.25, 0.3) is 16.9 Å². The maximum absolute atomic E-state index is 13.3. The maximum Gasteiger partial charge on any atom is 0.260 e. The first-order chi connectivity index (χ1) is 16.6. The van der Waals surface area contributed by atoms with Crippen LogP contribution in [0, 0.1) is 5.82 Å². The standard InChI is InChI=1S/C26H19ClFN5O/c27-23-17-32(15-18-11-13-20(28)14-12-18)31-25(23)29-26(34)22-16-33(21-9-5-2-6-10-21)30-24(22)19-7-3-1-4-8-19/h1-14,16-17H,15H2,(H,29,31,34). The highest BCUT2D eigenvalue weighted by atomic mass is 35.5. The van der Waals surface area contributed by atoms with Crippen LogP contribution in [-0.2, 0) is 6.54 Å². The van der Waals surface area contributed by atoms with Crippen molar-refractivity contribution < 1.29 is 9.18 Å². The lowest BCUT2D eigenvalue weighted by Gasteiger charge is -2.04. The molecule has 1 amide bonds. The number of amides is 1. The number of halogens is 2. The zero-order valence-electron chi connectivity index (χ0n) is 17.9. The summed E-state index contributed by atoms with van der Waals surface area (Å²) < 4.78 is 16.4. The third kappa shape index (κ3) is 4.60. The van der Waals surface area contributed by atoms with Gasteiger partial charge >= 0.3 is 0 Å². The predicted molar refractivity (Wildman–Crippen MR) is 130 cm³/mol. The first kappa shape index (κ1) is 21.6. The molecule has 0 aliphatic heterocycles. The molecule has 34 heavy (non-hydrogen) atoms. The van der Waals surface area contributed by atoms with Crippen LogP contribution in [0.5, 0.6) is 0 Å². The monoisotopic (exact) mass is 471 g/mol. The summed E-state index contributed by atoms with van der Waals surface area (Å²) >= 11 is 6.35. The Kier molecular flexibility index (Phi) is 5.93. The summed E-state index contributed by atoms with van der Waals surface area (Å²) in [5, 5.41) is 12.2. The smallest absolute Gasteiger partial charge is 0.260 e. The Morgan fingerprint density at radius 2 is 1.56 bits per heavy atom. The van der Waals surface area contributed by atoms with Gasteiger partial charge < -0.3 is 5.32 Å². The van der Waals surface area contributed by atoms with E-state index in [0.717, 1.165) is 16.8 Å². The number of rotatable bonds is 6. The minimum Gasteiger partial charge on any atom is -0.304 e. The van der Waals surface area contributed by atoms with E-state index in [2.05, 4.69) is 15.5 Å². The van der Waals surface area contributed by atoms with Gasteiger partial charge in [0.15, 0.2) is 5.82 Å². The van der Waals surface area contributed by atoms with Crippen molar-refractivity contribution in [2.45, 2.75) is 6.54 Å². The van der Waals surface area contributed by atoms with Crippen LogP contribution in [-0.4, -0.2) is 25.5 Å². The van der Waals surface area contributed by atoms with Crippen LogP contribution in [0.3, 0.4) is 0 Å². The average Bonchev–Trinajstić information content (AvgIpc) is 3.46. The van der Waals surface area contributed by atoms with Crippen molar-refractivity contribution in [3.8, 4) is 16.9 Å². The highest BCUT2D eigenvalue weighted by molar-refractivity contribution is 6.33. The van der Waals surface area contributed by atoms with Gasteiger partial charge in [-0.15, -0.1) is 0 Å². The van der Waals surface area contributed by atoms with Crippen molar-refractivity contribution in [2.24, 2.45) is 0 Å². The molecule has 8 heteroatoms. The van der Waals surface area contributed by atoms with E-state index in [9.17, 15) is 9.18 Å². The number of benzene rings is 3. The molecule has 0 saturated carbocycles. The van der Waals surface area contributed by atoms with Crippen molar-refractivity contribution in [3.63, 3.8) is 0 Å². The van der Waals surface area contributed by atoms with Gasteiger partial charge in [0.2, 0.25) is 0 Å². The van der Waals surface area contributed by atoms with Crippen LogP contribution >= 0.6 is 11.6 Å². The molecule has 3 aromatic carbocycles. The van der Waals surface area contributed by atoms with Crippen LogP contribution < -0.4 is 5.32 Å². The van der Waals surface area contributed by atoms with Crippen LogP contribution in [0.15, 0.2) is 97.3 Å². The molecule has 5 aromatic rings. The molecule has 0 aliphatic rings. The number of aromatic nitrogens is 4. The maximum atomic E-state index is 13.3. The fourth-order valence-electron chi connectivity index (χ4n) is 3.58. The van der Waals surface area contributed by atoms with Crippen molar-refractivity contribution in [1.29, 1.82) is 0 Å². The van der Waals surface area contributed by atoms with Gasteiger partial charge in [-0.2, -0.15) is 10.2 Å². The van der Waals surface area contributed by atoms with E-state index < -0.39 is 0 Å². The predicted octanol–water partition coefficient (Wildman–Crippen LogP) is 5.83. The van der Waals surface area contributed by atoms with E-state index >= 15 is 0 Å². The largest absolute Gasteiger partial charge is 0.304 e. The van der Waals surface area contributed by atoms with Gasteiger partial charge in [-0.05, 0) is 29.8 Å². The van der Waals surface area contributed by atoms with E-state index in [1.54, 1.807) is 33.9 Å². The summed E-state index contributed by atoms with van der Waals surface area (Å²) in [4.78, 5) is 13.3. The molecular weight excluding hydrogens is 453 g/mol. The Bertz CT molecular complexity index is 1430. The Hall–Kier alpha value is -4.23. The topological polar surface area (TPSA) is 64.7 Å². The lowest BCUT2D eigenvalue weighted by molar-refractivity contribution is 0.102. The van der Waals surface area contributed by atoms with Gasteiger partial charge in [-0.1, -0.05) is 72.3 Å². The second-order valence-corrected chi connectivity index (χ2v) is 8.05. The molecule has 0 fully saturated rings. The molecule has 0 saturated heterocycles. The molecule has 1 N–H and O–H groups in total. The normalized spacial score (nSPS) is 10.9. The summed E-state index contributed by atoms with van der Waals surface area (Å²) in [6, 6.07) is 25.2. The van der Waals surface area contributed by atoms with Crippen LogP contribution in [0.2, 0.25) is 5.02 Å². The number of hydrogen-bond donors (Lipinski definition) is 1. The average molecular weight is 472 g/mol. The van der Waals surface area contributed by atoms with Crippen molar-refractivity contribution in [2.75, 3.05) is 5.32 Å². The minimum absolute atomic E-state index is 0.236. The number of para-hydroxylation sites is 1.